The largest absolute Gasteiger partial charge is 0.465 e. The molecule has 0 heterocycles. The number of ether oxygens (including phenoxy) is 1. The maximum Gasteiger partial charge on any atom is 0.323 e. The van der Waals surface area contributed by atoms with Crippen LogP contribution in [-0.4, -0.2) is 24.7 Å². The zero-order valence-electron chi connectivity index (χ0n) is 9.09. The minimum atomic E-state index is -0.134. The molecule has 0 spiro atoms. The van der Waals surface area contributed by atoms with Gasteiger partial charge in [-0.05, 0) is 13.3 Å². The van der Waals surface area contributed by atoms with Crippen LogP contribution in [-0.2, 0) is 9.53 Å². The van der Waals surface area contributed by atoms with E-state index in [4.69, 9.17) is 4.74 Å². The van der Waals surface area contributed by atoms with Crippen LogP contribution >= 0.6 is 0 Å². The molecule has 1 unspecified atom stereocenters. The van der Waals surface area contributed by atoms with Crippen molar-refractivity contribution in [2.75, 3.05) is 6.61 Å². The lowest BCUT2D eigenvalue weighted by Gasteiger charge is -2.18. The highest BCUT2D eigenvalue weighted by molar-refractivity contribution is 5.75. The van der Waals surface area contributed by atoms with Crippen LogP contribution in [0.25, 0.3) is 0 Å². The van der Waals surface area contributed by atoms with E-state index in [0.717, 1.165) is 12.8 Å². The summed E-state index contributed by atoms with van der Waals surface area (Å²) in [6.45, 7) is 8.41. The molecule has 0 aliphatic rings. The molecule has 3 heteroatoms. The molecule has 3 nitrogen and oxygen atoms in total. The fourth-order valence-electron chi connectivity index (χ4n) is 1.20. The van der Waals surface area contributed by atoms with Crippen LogP contribution in [0.2, 0.25) is 0 Å². The molecule has 0 fully saturated rings. The quantitative estimate of drug-likeness (QED) is 0.643. The van der Waals surface area contributed by atoms with E-state index in [1.165, 1.54) is 0 Å². The number of rotatable bonds is 6. The van der Waals surface area contributed by atoms with E-state index >= 15 is 0 Å². The van der Waals surface area contributed by atoms with Crippen molar-refractivity contribution in [2.24, 2.45) is 0 Å². The fourth-order valence-corrected chi connectivity index (χ4v) is 1.20. The van der Waals surface area contributed by atoms with E-state index in [1.54, 1.807) is 0 Å². The molecule has 0 aliphatic carbocycles. The molecule has 13 heavy (non-hydrogen) atoms. The highest BCUT2D eigenvalue weighted by Crippen LogP contribution is 2.00. The zero-order valence-corrected chi connectivity index (χ0v) is 9.09. The van der Waals surface area contributed by atoms with Crippen molar-refractivity contribution in [1.82, 2.24) is 5.32 Å². The Bertz CT molecular complexity index is 146. The van der Waals surface area contributed by atoms with E-state index in [-0.39, 0.29) is 12.0 Å². The van der Waals surface area contributed by atoms with Gasteiger partial charge in [0, 0.05) is 6.04 Å². The second kappa shape index (κ2) is 6.89. The Labute approximate surface area is 80.8 Å². The number of nitrogens with one attached hydrogen (secondary N) is 1. The summed E-state index contributed by atoms with van der Waals surface area (Å²) in [5.74, 6) is -0.127. The van der Waals surface area contributed by atoms with Gasteiger partial charge in [-0.15, -0.1) is 0 Å². The van der Waals surface area contributed by atoms with Crippen molar-refractivity contribution in [3.63, 3.8) is 0 Å². The molecule has 0 saturated heterocycles. The van der Waals surface area contributed by atoms with E-state index in [9.17, 15) is 4.79 Å². The monoisotopic (exact) mass is 187 g/mol. The van der Waals surface area contributed by atoms with Gasteiger partial charge in [-0.1, -0.05) is 27.2 Å². The highest BCUT2D eigenvalue weighted by atomic mass is 16.5. The van der Waals surface area contributed by atoms with Crippen molar-refractivity contribution < 1.29 is 9.53 Å². The zero-order chi connectivity index (χ0) is 10.3. The van der Waals surface area contributed by atoms with Gasteiger partial charge in [-0.3, -0.25) is 4.79 Å². The Morgan fingerprint density at radius 1 is 1.38 bits per heavy atom. The first-order chi connectivity index (χ1) is 6.11. The lowest BCUT2D eigenvalue weighted by Crippen LogP contribution is -2.41. The van der Waals surface area contributed by atoms with Gasteiger partial charge in [0.25, 0.3) is 0 Å². The minimum Gasteiger partial charge on any atom is -0.465 e. The molecule has 78 valence electrons. The van der Waals surface area contributed by atoms with Crippen molar-refractivity contribution in [1.29, 1.82) is 0 Å². The second-order valence-electron chi connectivity index (χ2n) is 3.41. The average Bonchev–Trinajstić information content (AvgIpc) is 2.03. The molecule has 0 aromatic heterocycles. The highest BCUT2D eigenvalue weighted by Gasteiger charge is 2.18. The molecular weight excluding hydrogens is 166 g/mol. The third kappa shape index (κ3) is 5.64. The number of hydrogen-bond acceptors (Lipinski definition) is 3. The van der Waals surface area contributed by atoms with Crippen LogP contribution in [0.1, 0.15) is 40.5 Å². The molecule has 0 bridgehead atoms. The van der Waals surface area contributed by atoms with Gasteiger partial charge in [-0.2, -0.15) is 0 Å². The predicted octanol–water partition coefficient (Wildman–Crippen LogP) is 1.72. The van der Waals surface area contributed by atoms with Crippen LogP contribution in [0.15, 0.2) is 0 Å². The molecule has 0 rings (SSSR count). The molecule has 1 N–H and O–H groups in total. The Kier molecular flexibility index (Phi) is 6.59. The summed E-state index contributed by atoms with van der Waals surface area (Å²) in [6, 6.07) is 0.186. The number of carbonyl (C=O) groups is 1. The Morgan fingerprint density at radius 2 is 2.00 bits per heavy atom. The third-order valence-corrected chi connectivity index (χ3v) is 1.68. The summed E-state index contributed by atoms with van der Waals surface area (Å²) in [5, 5.41) is 3.19. The van der Waals surface area contributed by atoms with Gasteiger partial charge in [0.15, 0.2) is 0 Å². The second-order valence-corrected chi connectivity index (χ2v) is 3.41. The van der Waals surface area contributed by atoms with Gasteiger partial charge in [-0.25, -0.2) is 0 Å². The van der Waals surface area contributed by atoms with Crippen LogP contribution < -0.4 is 5.32 Å². The van der Waals surface area contributed by atoms with E-state index in [0.29, 0.717) is 12.6 Å². The molecule has 0 saturated carbocycles. The van der Waals surface area contributed by atoms with Gasteiger partial charge >= 0.3 is 5.97 Å². The Hall–Kier alpha value is -0.570. The predicted molar refractivity (Wildman–Crippen MR) is 53.6 cm³/mol. The summed E-state index contributed by atoms with van der Waals surface area (Å²) in [6.07, 6.45) is 1.83. The van der Waals surface area contributed by atoms with E-state index in [2.05, 4.69) is 12.2 Å². The van der Waals surface area contributed by atoms with Gasteiger partial charge in [0.1, 0.15) is 6.04 Å². The maximum atomic E-state index is 11.4. The lowest BCUT2D eigenvalue weighted by molar-refractivity contribution is -0.146. The Morgan fingerprint density at radius 3 is 2.38 bits per heavy atom. The molecule has 0 aliphatic heterocycles. The van der Waals surface area contributed by atoms with Gasteiger partial charge in [0.05, 0.1) is 6.61 Å². The molecule has 0 aromatic rings. The molecule has 1 atom stereocenters. The number of hydrogen-bond donors (Lipinski definition) is 1. The van der Waals surface area contributed by atoms with Crippen LogP contribution in [0.3, 0.4) is 0 Å². The summed E-state index contributed by atoms with van der Waals surface area (Å²) in [5.41, 5.74) is 0. The summed E-state index contributed by atoms with van der Waals surface area (Å²) in [4.78, 5) is 11.4. The van der Waals surface area contributed by atoms with Crippen molar-refractivity contribution in [3.8, 4) is 0 Å². The number of esters is 1. The van der Waals surface area contributed by atoms with Crippen LogP contribution in [0.4, 0.5) is 0 Å². The topological polar surface area (TPSA) is 38.3 Å². The van der Waals surface area contributed by atoms with Gasteiger partial charge in [0.2, 0.25) is 0 Å². The smallest absolute Gasteiger partial charge is 0.323 e. The fraction of sp³-hybridized carbons (Fsp3) is 0.900. The molecular formula is C10H21NO2. The first-order valence-electron chi connectivity index (χ1n) is 5.04. The van der Waals surface area contributed by atoms with Gasteiger partial charge < -0.3 is 10.1 Å². The maximum absolute atomic E-state index is 11.4. The van der Waals surface area contributed by atoms with Crippen molar-refractivity contribution >= 4 is 5.97 Å². The van der Waals surface area contributed by atoms with E-state index < -0.39 is 0 Å². The van der Waals surface area contributed by atoms with Crippen molar-refractivity contribution in [2.45, 2.75) is 52.6 Å². The van der Waals surface area contributed by atoms with E-state index in [1.807, 2.05) is 20.8 Å². The minimum absolute atomic E-state index is 0.127. The third-order valence-electron chi connectivity index (χ3n) is 1.68. The molecule has 0 radical (unpaired) electrons. The first-order valence-corrected chi connectivity index (χ1v) is 5.04. The SMILES string of the molecule is CCCC(NC(C)C)C(=O)OCC. The van der Waals surface area contributed by atoms with Crippen LogP contribution in [0, 0.1) is 0 Å². The Balaban J connectivity index is 3.98. The first kappa shape index (κ1) is 12.4. The average molecular weight is 187 g/mol. The molecule has 0 aromatic carbocycles. The van der Waals surface area contributed by atoms with Crippen LogP contribution in [0.5, 0.6) is 0 Å². The standard InChI is InChI=1S/C10H21NO2/c1-5-7-9(11-8(3)4)10(12)13-6-2/h8-9,11H,5-7H2,1-4H3. The lowest BCUT2D eigenvalue weighted by atomic mass is 10.1. The normalized spacial score (nSPS) is 13.0. The summed E-state index contributed by atoms with van der Waals surface area (Å²) in [7, 11) is 0. The molecule has 0 amide bonds. The summed E-state index contributed by atoms with van der Waals surface area (Å²) >= 11 is 0. The number of carbonyl (C=O) groups excluding carboxylic acids is 1. The summed E-state index contributed by atoms with van der Waals surface area (Å²) < 4.78 is 4.96. The van der Waals surface area contributed by atoms with Crippen molar-refractivity contribution in [3.05, 3.63) is 0 Å².